The average molecular weight is 561 g/mol. The maximum Gasteiger partial charge on any atom is 0.266 e. The minimum absolute atomic E-state index is 0. The molecule has 0 aliphatic carbocycles. The number of amides is 2. The fourth-order valence-corrected chi connectivity index (χ4v) is 6.89. The van der Waals surface area contributed by atoms with Gasteiger partial charge < -0.3 is 14.5 Å². The van der Waals surface area contributed by atoms with Crippen LogP contribution < -0.4 is 15.1 Å². The van der Waals surface area contributed by atoms with Gasteiger partial charge in [-0.3, -0.25) is 14.8 Å². The van der Waals surface area contributed by atoms with Crippen LogP contribution >= 0.6 is 12.4 Å². The van der Waals surface area contributed by atoms with Crippen LogP contribution in [0.25, 0.3) is 0 Å². The second kappa shape index (κ2) is 12.6. The number of hydrogen-bond acceptors (Lipinski definition) is 7. The molecule has 2 aliphatic heterocycles. The molecule has 0 spiro atoms. The lowest BCUT2D eigenvalue weighted by molar-refractivity contribution is -0.143. The second-order valence-electron chi connectivity index (χ2n) is 10.6. The first-order chi connectivity index (χ1) is 17.0. The number of rotatable bonds is 8. The van der Waals surface area contributed by atoms with Crippen LogP contribution in [-0.4, -0.2) is 85.3 Å². The van der Waals surface area contributed by atoms with E-state index in [1.807, 2.05) is 24.3 Å². The van der Waals surface area contributed by atoms with Crippen molar-refractivity contribution in [2.24, 2.45) is 5.41 Å². The summed E-state index contributed by atoms with van der Waals surface area (Å²) in [7, 11) is -4.09. The quantitative estimate of drug-likeness (QED) is 0.285. The molecular formula is C25H41ClN4O6S. The number of halogens is 1. The van der Waals surface area contributed by atoms with Crippen LogP contribution in [-0.2, 0) is 19.6 Å². The van der Waals surface area contributed by atoms with Gasteiger partial charge in [-0.05, 0) is 43.5 Å². The molecule has 12 heteroatoms. The Kier molecular flexibility index (Phi) is 10.6. The molecule has 10 nitrogen and oxygen atoms in total. The van der Waals surface area contributed by atoms with Gasteiger partial charge in [-0.2, -0.15) is 4.31 Å². The standard InChI is InChI=1S/C25H40N4O6S.ClH/c1-5-6-19-35-21-9-7-20(8-10-21)27-15-17-29(18-16-27)36(33,34)25(22(30)26-32)11-13-28(14-12-25)23(31)24(2,3)4;/h7-10,32H,5-6,11-19H2,1-4H3,(H,26,30);1H. The number of anilines is 1. The molecule has 2 fully saturated rings. The number of carbonyl (C=O) groups excluding carboxylic acids is 2. The van der Waals surface area contributed by atoms with Crippen LogP contribution in [0, 0.1) is 5.41 Å². The van der Waals surface area contributed by atoms with Crippen molar-refractivity contribution in [3.05, 3.63) is 24.3 Å². The second-order valence-corrected chi connectivity index (χ2v) is 12.8. The number of piperidine rings is 1. The predicted octanol–water partition coefficient (Wildman–Crippen LogP) is 2.65. The van der Waals surface area contributed by atoms with E-state index in [-0.39, 0.29) is 57.3 Å². The Morgan fingerprint density at radius 1 is 1.03 bits per heavy atom. The van der Waals surface area contributed by atoms with Crippen molar-refractivity contribution in [1.29, 1.82) is 0 Å². The zero-order valence-electron chi connectivity index (χ0n) is 22.2. The van der Waals surface area contributed by atoms with Gasteiger partial charge in [-0.25, -0.2) is 13.9 Å². The van der Waals surface area contributed by atoms with E-state index < -0.39 is 26.1 Å². The average Bonchev–Trinajstić information content (AvgIpc) is 2.88. The van der Waals surface area contributed by atoms with Gasteiger partial charge in [-0.15, -0.1) is 12.4 Å². The Balaban J connectivity index is 0.00000481. The summed E-state index contributed by atoms with van der Waals surface area (Å²) in [6.45, 7) is 9.87. The Morgan fingerprint density at radius 3 is 2.08 bits per heavy atom. The highest BCUT2D eigenvalue weighted by Crippen LogP contribution is 2.36. The molecule has 0 atom stereocenters. The van der Waals surface area contributed by atoms with Gasteiger partial charge >= 0.3 is 0 Å². The number of benzene rings is 1. The molecule has 3 rings (SSSR count). The van der Waals surface area contributed by atoms with Gasteiger partial charge in [0, 0.05) is 50.4 Å². The Morgan fingerprint density at radius 2 is 1.59 bits per heavy atom. The number of ether oxygens (including phenoxy) is 1. The van der Waals surface area contributed by atoms with Gasteiger partial charge in [0.15, 0.2) is 4.75 Å². The number of carbonyl (C=O) groups is 2. The largest absolute Gasteiger partial charge is 0.494 e. The zero-order chi connectivity index (χ0) is 26.6. The summed E-state index contributed by atoms with van der Waals surface area (Å²) in [4.78, 5) is 29.2. The maximum atomic E-state index is 13.8. The topological polar surface area (TPSA) is 119 Å². The monoisotopic (exact) mass is 560 g/mol. The van der Waals surface area contributed by atoms with Crippen molar-refractivity contribution >= 4 is 39.9 Å². The van der Waals surface area contributed by atoms with Crippen molar-refractivity contribution in [3.63, 3.8) is 0 Å². The highest BCUT2D eigenvalue weighted by Gasteiger charge is 2.55. The predicted molar refractivity (Wildman–Crippen MR) is 145 cm³/mol. The summed E-state index contributed by atoms with van der Waals surface area (Å²) in [6, 6.07) is 7.77. The first-order valence-corrected chi connectivity index (χ1v) is 14.1. The third-order valence-electron chi connectivity index (χ3n) is 7.06. The van der Waals surface area contributed by atoms with Crippen LogP contribution in [0.15, 0.2) is 24.3 Å². The minimum atomic E-state index is -4.09. The molecule has 2 amide bonds. The molecule has 210 valence electrons. The van der Waals surface area contributed by atoms with Crippen LogP contribution in [0.3, 0.4) is 0 Å². The molecule has 0 aromatic heterocycles. The van der Waals surface area contributed by atoms with E-state index in [1.54, 1.807) is 31.2 Å². The molecule has 2 aliphatic rings. The highest BCUT2D eigenvalue weighted by molar-refractivity contribution is 7.91. The van der Waals surface area contributed by atoms with Crippen LogP contribution in [0.5, 0.6) is 5.75 Å². The van der Waals surface area contributed by atoms with E-state index in [1.165, 1.54) is 4.31 Å². The zero-order valence-corrected chi connectivity index (χ0v) is 23.9. The fourth-order valence-electron chi connectivity index (χ4n) is 4.77. The SMILES string of the molecule is CCCCOc1ccc(N2CCN(S(=O)(=O)C3(C(=O)NO)CCN(C(=O)C(C)(C)C)CC3)CC2)cc1.Cl. The Labute approximate surface area is 226 Å². The number of hydroxylamine groups is 1. The lowest BCUT2D eigenvalue weighted by Gasteiger charge is -2.44. The first kappa shape index (κ1) is 31.1. The fraction of sp³-hybridized carbons (Fsp3) is 0.680. The normalized spacial score (nSPS) is 18.6. The summed E-state index contributed by atoms with van der Waals surface area (Å²) in [5.41, 5.74) is 1.96. The molecule has 2 N–H and O–H groups in total. The van der Waals surface area contributed by atoms with E-state index in [9.17, 15) is 23.2 Å². The number of likely N-dealkylation sites (tertiary alicyclic amines) is 1. The van der Waals surface area contributed by atoms with E-state index >= 15 is 0 Å². The van der Waals surface area contributed by atoms with Crippen LogP contribution in [0.1, 0.15) is 53.4 Å². The highest BCUT2D eigenvalue weighted by atomic mass is 35.5. The number of nitrogens with zero attached hydrogens (tertiary/aromatic N) is 3. The molecule has 1 aromatic carbocycles. The van der Waals surface area contributed by atoms with E-state index in [4.69, 9.17) is 4.74 Å². The molecule has 2 saturated heterocycles. The maximum absolute atomic E-state index is 13.8. The van der Waals surface area contributed by atoms with Gasteiger partial charge in [0.1, 0.15) is 5.75 Å². The smallest absolute Gasteiger partial charge is 0.266 e. The number of nitrogens with one attached hydrogen (secondary N) is 1. The lowest BCUT2D eigenvalue weighted by Crippen LogP contribution is -2.64. The molecule has 0 saturated carbocycles. The lowest BCUT2D eigenvalue weighted by atomic mass is 9.90. The van der Waals surface area contributed by atoms with Crippen LogP contribution in [0.2, 0.25) is 0 Å². The molecule has 37 heavy (non-hydrogen) atoms. The van der Waals surface area contributed by atoms with E-state index in [2.05, 4.69) is 11.8 Å². The molecule has 0 unspecified atom stereocenters. The van der Waals surface area contributed by atoms with Gasteiger partial charge in [0.05, 0.1) is 6.61 Å². The third-order valence-corrected chi connectivity index (χ3v) is 9.68. The Bertz CT molecular complexity index is 1010. The molecule has 0 radical (unpaired) electrons. The van der Waals surface area contributed by atoms with E-state index in [0.29, 0.717) is 19.7 Å². The summed E-state index contributed by atoms with van der Waals surface area (Å²) >= 11 is 0. The van der Waals surface area contributed by atoms with Gasteiger partial charge in [0.2, 0.25) is 15.9 Å². The first-order valence-electron chi connectivity index (χ1n) is 12.7. The van der Waals surface area contributed by atoms with Crippen LogP contribution in [0.4, 0.5) is 5.69 Å². The molecule has 0 bridgehead atoms. The van der Waals surface area contributed by atoms with Gasteiger partial charge in [-0.1, -0.05) is 34.1 Å². The Hall–Kier alpha value is -2.08. The molecule has 1 aromatic rings. The minimum Gasteiger partial charge on any atom is -0.494 e. The summed E-state index contributed by atoms with van der Waals surface area (Å²) in [5, 5.41) is 9.42. The van der Waals surface area contributed by atoms with Crippen molar-refractivity contribution in [1.82, 2.24) is 14.7 Å². The van der Waals surface area contributed by atoms with Crippen molar-refractivity contribution in [2.45, 2.75) is 58.1 Å². The third kappa shape index (κ3) is 6.68. The number of unbranched alkanes of at least 4 members (excludes halogenated alkanes) is 1. The van der Waals surface area contributed by atoms with E-state index in [0.717, 1.165) is 24.3 Å². The molecule has 2 heterocycles. The summed E-state index contributed by atoms with van der Waals surface area (Å²) in [6.07, 6.45) is 1.94. The summed E-state index contributed by atoms with van der Waals surface area (Å²) < 4.78 is 32.8. The van der Waals surface area contributed by atoms with Crippen molar-refractivity contribution in [2.75, 3.05) is 50.8 Å². The number of piperazine rings is 1. The summed E-state index contributed by atoms with van der Waals surface area (Å²) in [5.74, 6) is -0.221. The number of sulfonamides is 1. The number of hydrogen-bond donors (Lipinski definition) is 2. The van der Waals surface area contributed by atoms with Gasteiger partial charge in [0.25, 0.3) is 5.91 Å². The van der Waals surface area contributed by atoms with Crippen molar-refractivity contribution < 1.29 is 28.0 Å². The van der Waals surface area contributed by atoms with Crippen molar-refractivity contribution in [3.8, 4) is 5.75 Å². The molecular weight excluding hydrogens is 520 g/mol.